The fraction of sp³-hybridized carbons (Fsp3) is 0.304. The molecule has 1 amide bonds. The second-order valence-electron chi connectivity index (χ2n) is 7.92. The van der Waals surface area contributed by atoms with Crippen molar-refractivity contribution < 1.29 is 13.2 Å². The maximum atomic E-state index is 13.3. The van der Waals surface area contributed by atoms with E-state index in [0.29, 0.717) is 23.5 Å². The SMILES string of the molecule is Cc1cc(C)c(S(=O)(=O)N2CCN(C(=O)c3ccc(-n4cccn4)cc3)CC2)c(C)c1. The lowest BCUT2D eigenvalue weighted by molar-refractivity contribution is 0.0698. The summed E-state index contributed by atoms with van der Waals surface area (Å²) in [5, 5.41) is 4.18. The molecular weight excluding hydrogens is 412 g/mol. The van der Waals surface area contributed by atoms with E-state index < -0.39 is 10.0 Å². The Morgan fingerprint density at radius 3 is 2.10 bits per heavy atom. The fourth-order valence-corrected chi connectivity index (χ4v) is 6.03. The van der Waals surface area contributed by atoms with Crippen LogP contribution in [0.3, 0.4) is 0 Å². The van der Waals surface area contributed by atoms with Crippen molar-refractivity contribution in [2.75, 3.05) is 26.2 Å². The highest BCUT2D eigenvalue weighted by Gasteiger charge is 2.32. The highest BCUT2D eigenvalue weighted by atomic mass is 32.2. The van der Waals surface area contributed by atoms with Gasteiger partial charge in [0.2, 0.25) is 10.0 Å². The number of hydrogen-bond donors (Lipinski definition) is 0. The zero-order valence-electron chi connectivity index (χ0n) is 17.9. The van der Waals surface area contributed by atoms with E-state index in [0.717, 1.165) is 22.4 Å². The number of aryl methyl sites for hydroxylation is 3. The summed E-state index contributed by atoms with van der Waals surface area (Å²) in [7, 11) is -3.60. The van der Waals surface area contributed by atoms with Crippen LogP contribution >= 0.6 is 0 Å². The van der Waals surface area contributed by atoms with Crippen molar-refractivity contribution in [3.05, 3.63) is 77.1 Å². The van der Waals surface area contributed by atoms with Crippen molar-refractivity contribution in [3.63, 3.8) is 0 Å². The Balaban J connectivity index is 1.45. The van der Waals surface area contributed by atoms with Gasteiger partial charge in [-0.25, -0.2) is 13.1 Å². The Hall–Kier alpha value is -2.97. The standard InChI is InChI=1S/C23H26N4O3S/c1-17-15-18(2)22(19(3)16-17)31(29,30)26-13-11-25(12-14-26)23(28)20-5-7-21(8-6-20)27-10-4-9-24-27/h4-10,15-16H,11-14H2,1-3H3. The first-order valence-corrected chi connectivity index (χ1v) is 11.7. The lowest BCUT2D eigenvalue weighted by Gasteiger charge is -2.34. The molecule has 0 atom stereocenters. The molecule has 0 unspecified atom stereocenters. The molecule has 0 N–H and O–H groups in total. The van der Waals surface area contributed by atoms with Gasteiger partial charge >= 0.3 is 0 Å². The number of aromatic nitrogens is 2. The highest BCUT2D eigenvalue weighted by Crippen LogP contribution is 2.26. The van der Waals surface area contributed by atoms with Gasteiger partial charge in [0.15, 0.2) is 0 Å². The minimum atomic E-state index is -3.60. The zero-order chi connectivity index (χ0) is 22.2. The molecule has 0 saturated carbocycles. The molecule has 1 aliphatic rings. The van der Waals surface area contributed by atoms with Gasteiger partial charge in [-0.2, -0.15) is 9.40 Å². The Kier molecular flexibility index (Phi) is 5.68. The van der Waals surface area contributed by atoms with Crippen LogP contribution in [0.15, 0.2) is 59.8 Å². The predicted octanol–water partition coefficient (Wildman–Crippen LogP) is 2.94. The smallest absolute Gasteiger partial charge is 0.253 e. The molecule has 8 heteroatoms. The fourth-order valence-electron chi connectivity index (χ4n) is 4.20. The van der Waals surface area contributed by atoms with Crippen LogP contribution in [0.5, 0.6) is 0 Å². The molecule has 0 aliphatic carbocycles. The molecule has 31 heavy (non-hydrogen) atoms. The summed E-state index contributed by atoms with van der Waals surface area (Å²) in [6.07, 6.45) is 3.54. The zero-order valence-corrected chi connectivity index (χ0v) is 18.8. The van der Waals surface area contributed by atoms with Crippen molar-refractivity contribution in [1.82, 2.24) is 19.0 Å². The van der Waals surface area contributed by atoms with Gasteiger partial charge in [-0.3, -0.25) is 4.79 Å². The number of rotatable bonds is 4. The van der Waals surface area contributed by atoms with Gasteiger partial charge in [-0.1, -0.05) is 17.7 Å². The first-order valence-electron chi connectivity index (χ1n) is 10.2. The molecule has 0 radical (unpaired) electrons. The van der Waals surface area contributed by atoms with Gasteiger partial charge in [0.25, 0.3) is 5.91 Å². The molecule has 3 aromatic rings. The number of benzene rings is 2. The van der Waals surface area contributed by atoms with Crippen LogP contribution in [0.2, 0.25) is 0 Å². The van der Waals surface area contributed by atoms with Gasteiger partial charge < -0.3 is 4.90 Å². The van der Waals surface area contributed by atoms with Crippen LogP contribution in [0.4, 0.5) is 0 Å². The predicted molar refractivity (Wildman–Crippen MR) is 119 cm³/mol. The normalized spacial score (nSPS) is 15.3. The Bertz CT molecular complexity index is 1170. The second-order valence-corrected chi connectivity index (χ2v) is 9.80. The molecule has 2 aromatic carbocycles. The molecule has 1 saturated heterocycles. The van der Waals surface area contributed by atoms with E-state index in [1.165, 1.54) is 4.31 Å². The molecule has 1 fully saturated rings. The van der Waals surface area contributed by atoms with Crippen molar-refractivity contribution in [2.45, 2.75) is 25.7 Å². The average Bonchev–Trinajstić information content (AvgIpc) is 3.27. The van der Waals surface area contributed by atoms with E-state index in [2.05, 4.69) is 5.10 Å². The molecule has 162 valence electrons. The van der Waals surface area contributed by atoms with Crippen LogP contribution in [0.1, 0.15) is 27.0 Å². The minimum Gasteiger partial charge on any atom is -0.336 e. The van der Waals surface area contributed by atoms with Gasteiger partial charge in [-0.05, 0) is 62.2 Å². The van der Waals surface area contributed by atoms with Gasteiger partial charge in [0, 0.05) is 44.1 Å². The summed E-state index contributed by atoms with van der Waals surface area (Å²) in [5.74, 6) is -0.0910. The lowest BCUT2D eigenvalue weighted by Crippen LogP contribution is -2.50. The number of nitrogens with zero attached hydrogens (tertiary/aromatic N) is 4. The largest absolute Gasteiger partial charge is 0.336 e. The summed E-state index contributed by atoms with van der Waals surface area (Å²) in [6, 6.07) is 12.9. The average molecular weight is 439 g/mol. The van der Waals surface area contributed by atoms with Crippen LogP contribution < -0.4 is 0 Å². The third kappa shape index (κ3) is 4.13. The van der Waals surface area contributed by atoms with E-state index in [4.69, 9.17) is 0 Å². The highest BCUT2D eigenvalue weighted by molar-refractivity contribution is 7.89. The van der Waals surface area contributed by atoms with E-state index in [1.807, 2.05) is 57.3 Å². The molecule has 1 aromatic heterocycles. The van der Waals surface area contributed by atoms with Crippen LogP contribution in [0.25, 0.3) is 5.69 Å². The Morgan fingerprint density at radius 1 is 0.935 bits per heavy atom. The number of carbonyl (C=O) groups excluding carboxylic acids is 1. The monoisotopic (exact) mass is 438 g/mol. The molecule has 2 heterocycles. The third-order valence-electron chi connectivity index (χ3n) is 5.61. The third-order valence-corrected chi connectivity index (χ3v) is 7.82. The lowest BCUT2D eigenvalue weighted by atomic mass is 10.1. The summed E-state index contributed by atoms with van der Waals surface area (Å²) in [5.41, 5.74) is 4.02. The number of piperazine rings is 1. The number of sulfonamides is 1. The van der Waals surface area contributed by atoms with Crippen molar-refractivity contribution >= 4 is 15.9 Å². The van der Waals surface area contributed by atoms with Crippen molar-refractivity contribution in [2.24, 2.45) is 0 Å². The minimum absolute atomic E-state index is 0.0910. The summed E-state index contributed by atoms with van der Waals surface area (Å²) in [6.45, 7) is 6.92. The summed E-state index contributed by atoms with van der Waals surface area (Å²) >= 11 is 0. The summed E-state index contributed by atoms with van der Waals surface area (Å²) in [4.78, 5) is 15.0. The van der Waals surface area contributed by atoms with Crippen molar-refractivity contribution in [3.8, 4) is 5.69 Å². The molecule has 4 rings (SSSR count). The number of carbonyl (C=O) groups is 1. The molecular formula is C23H26N4O3S. The van der Waals surface area contributed by atoms with E-state index in [9.17, 15) is 13.2 Å². The van der Waals surface area contributed by atoms with Gasteiger partial charge in [0.05, 0.1) is 10.6 Å². The second kappa shape index (κ2) is 8.28. The summed E-state index contributed by atoms with van der Waals surface area (Å²) < 4.78 is 29.7. The molecule has 1 aliphatic heterocycles. The topological polar surface area (TPSA) is 75.5 Å². The maximum absolute atomic E-state index is 13.3. The molecule has 0 spiro atoms. The van der Waals surface area contributed by atoms with Crippen molar-refractivity contribution in [1.29, 1.82) is 0 Å². The first-order chi connectivity index (χ1) is 14.8. The van der Waals surface area contributed by atoms with Crippen LogP contribution in [0, 0.1) is 20.8 Å². The van der Waals surface area contributed by atoms with Gasteiger partial charge in [-0.15, -0.1) is 0 Å². The van der Waals surface area contributed by atoms with E-state index >= 15 is 0 Å². The Morgan fingerprint density at radius 2 is 1.55 bits per heavy atom. The van der Waals surface area contributed by atoms with E-state index in [-0.39, 0.29) is 19.0 Å². The van der Waals surface area contributed by atoms with Crippen LogP contribution in [-0.4, -0.2) is 59.5 Å². The molecule has 0 bridgehead atoms. The molecule has 7 nitrogen and oxygen atoms in total. The maximum Gasteiger partial charge on any atom is 0.253 e. The van der Waals surface area contributed by atoms with Crippen LogP contribution in [-0.2, 0) is 10.0 Å². The number of amides is 1. The number of hydrogen-bond acceptors (Lipinski definition) is 4. The van der Waals surface area contributed by atoms with Gasteiger partial charge in [0.1, 0.15) is 0 Å². The Labute approximate surface area is 183 Å². The first kappa shape index (κ1) is 21.3. The van der Waals surface area contributed by atoms with E-state index in [1.54, 1.807) is 27.9 Å². The quantitative estimate of drug-likeness (QED) is 0.628.